The third-order valence-corrected chi connectivity index (χ3v) is 3.99. The van der Waals surface area contributed by atoms with Gasteiger partial charge in [-0.25, -0.2) is 12.8 Å². The first-order valence-corrected chi connectivity index (χ1v) is 7.12. The Morgan fingerprint density at radius 1 is 1.25 bits per heavy atom. The number of hydrogen-bond donors (Lipinski definition) is 3. The Morgan fingerprint density at radius 3 is 2.70 bits per heavy atom. The molecule has 1 aromatic carbocycles. The first-order valence-electron chi connectivity index (χ1n) is 5.63. The van der Waals surface area contributed by atoms with Crippen molar-refractivity contribution in [3.8, 4) is 0 Å². The van der Waals surface area contributed by atoms with Crippen molar-refractivity contribution >= 4 is 21.4 Å². The lowest BCUT2D eigenvalue weighted by Gasteiger charge is -2.12. The second-order valence-electron chi connectivity index (χ2n) is 4.10. The lowest BCUT2D eigenvalue weighted by Crippen LogP contribution is -2.18. The number of rotatable bonds is 4. The van der Waals surface area contributed by atoms with Crippen LogP contribution in [0.3, 0.4) is 0 Å². The highest BCUT2D eigenvalue weighted by Gasteiger charge is 2.20. The number of benzene rings is 1. The molecule has 1 heterocycles. The van der Waals surface area contributed by atoms with Crippen LogP contribution in [-0.2, 0) is 10.0 Å². The molecule has 4 N–H and O–H groups in total. The van der Waals surface area contributed by atoms with E-state index in [1.807, 2.05) is 0 Å². The van der Waals surface area contributed by atoms with E-state index in [2.05, 4.69) is 15.1 Å². The van der Waals surface area contributed by atoms with Crippen LogP contribution >= 0.6 is 0 Å². The van der Waals surface area contributed by atoms with Gasteiger partial charge in [0.15, 0.2) is 0 Å². The van der Waals surface area contributed by atoms with Crippen LogP contribution in [0.4, 0.5) is 15.8 Å². The van der Waals surface area contributed by atoms with Gasteiger partial charge in [-0.2, -0.15) is 0 Å². The van der Waals surface area contributed by atoms with Crippen LogP contribution in [0, 0.1) is 12.7 Å². The Kier molecular flexibility index (Phi) is 3.86. The second-order valence-corrected chi connectivity index (χ2v) is 5.76. The van der Waals surface area contributed by atoms with Crippen LogP contribution in [0.15, 0.2) is 41.6 Å². The minimum atomic E-state index is -3.99. The van der Waals surface area contributed by atoms with Crippen LogP contribution in [0.5, 0.6) is 0 Å². The summed E-state index contributed by atoms with van der Waals surface area (Å²) >= 11 is 0. The fourth-order valence-corrected chi connectivity index (χ4v) is 2.80. The highest BCUT2D eigenvalue weighted by Crippen LogP contribution is 2.24. The van der Waals surface area contributed by atoms with Crippen molar-refractivity contribution in [2.75, 3.05) is 10.1 Å². The number of nitrogen functional groups attached to an aromatic ring is 1. The Morgan fingerprint density at radius 2 is 2.00 bits per heavy atom. The number of nitrogens with zero attached hydrogens (tertiary/aromatic N) is 1. The smallest absolute Gasteiger partial charge is 0.265 e. The molecular formula is C12H13FN4O2S. The number of halogens is 1. The number of nitrogens with one attached hydrogen (secondary N) is 2. The number of nitrogens with two attached hydrogens (primary N) is 1. The summed E-state index contributed by atoms with van der Waals surface area (Å²) in [7, 11) is -3.99. The molecule has 1 aromatic heterocycles. The monoisotopic (exact) mass is 296 g/mol. The summed E-state index contributed by atoms with van der Waals surface area (Å²) in [4.78, 5) is 3.57. The molecule has 106 valence electrons. The van der Waals surface area contributed by atoms with Gasteiger partial charge in [0.05, 0.1) is 11.4 Å². The third-order valence-electron chi connectivity index (χ3n) is 2.60. The molecule has 0 atom stereocenters. The van der Waals surface area contributed by atoms with E-state index in [1.54, 1.807) is 13.0 Å². The number of hydrogen-bond acceptors (Lipinski definition) is 5. The first kappa shape index (κ1) is 14.2. The van der Waals surface area contributed by atoms with Crippen molar-refractivity contribution in [1.82, 2.24) is 4.98 Å². The summed E-state index contributed by atoms with van der Waals surface area (Å²) in [6.45, 7) is 1.73. The van der Waals surface area contributed by atoms with Gasteiger partial charge in [-0.05, 0) is 30.7 Å². The summed E-state index contributed by atoms with van der Waals surface area (Å²) in [6.07, 6.45) is 2.52. The van der Waals surface area contributed by atoms with Crippen molar-refractivity contribution in [3.63, 3.8) is 0 Å². The average Bonchev–Trinajstić information content (AvgIpc) is 2.42. The van der Waals surface area contributed by atoms with Crippen molar-refractivity contribution in [2.24, 2.45) is 5.84 Å². The average molecular weight is 296 g/mol. The van der Waals surface area contributed by atoms with E-state index in [0.29, 0.717) is 0 Å². The molecule has 0 unspecified atom stereocenters. The molecule has 2 rings (SSSR count). The molecule has 20 heavy (non-hydrogen) atoms. The lowest BCUT2D eigenvalue weighted by atomic mass is 10.2. The summed E-state index contributed by atoms with van der Waals surface area (Å²) in [5, 5.41) is 0. The molecule has 0 saturated heterocycles. The van der Waals surface area contributed by atoms with Crippen molar-refractivity contribution in [2.45, 2.75) is 11.8 Å². The summed E-state index contributed by atoms with van der Waals surface area (Å²) in [5.41, 5.74) is 3.03. The zero-order valence-corrected chi connectivity index (χ0v) is 11.4. The van der Waals surface area contributed by atoms with Crippen molar-refractivity contribution in [1.29, 1.82) is 0 Å². The van der Waals surface area contributed by atoms with E-state index < -0.39 is 15.8 Å². The van der Waals surface area contributed by atoms with Gasteiger partial charge in [0, 0.05) is 12.4 Å². The molecule has 0 amide bonds. The minimum Gasteiger partial charge on any atom is -0.323 e. The zero-order valence-electron chi connectivity index (χ0n) is 10.6. The van der Waals surface area contributed by atoms with Gasteiger partial charge < -0.3 is 5.43 Å². The molecule has 0 aliphatic rings. The van der Waals surface area contributed by atoms with Gasteiger partial charge in [-0.15, -0.1) is 0 Å². The lowest BCUT2D eigenvalue weighted by molar-refractivity contribution is 0.598. The highest BCUT2D eigenvalue weighted by molar-refractivity contribution is 7.92. The van der Waals surface area contributed by atoms with E-state index in [9.17, 15) is 12.8 Å². The van der Waals surface area contributed by atoms with Gasteiger partial charge in [0.25, 0.3) is 10.0 Å². The van der Waals surface area contributed by atoms with Crippen LogP contribution < -0.4 is 16.0 Å². The predicted molar refractivity (Wildman–Crippen MR) is 74.0 cm³/mol. The molecule has 0 spiro atoms. The normalized spacial score (nSPS) is 11.2. The molecule has 0 fully saturated rings. The molecular weight excluding hydrogens is 283 g/mol. The zero-order chi connectivity index (χ0) is 14.8. The minimum absolute atomic E-state index is 0.128. The van der Waals surface area contributed by atoms with Crippen LogP contribution in [0.2, 0.25) is 0 Å². The molecule has 6 nitrogen and oxygen atoms in total. The number of aryl methyl sites for hydroxylation is 1. The van der Waals surface area contributed by atoms with E-state index in [1.165, 1.54) is 24.4 Å². The van der Waals surface area contributed by atoms with E-state index in [4.69, 9.17) is 5.84 Å². The van der Waals surface area contributed by atoms with Crippen LogP contribution in [0.25, 0.3) is 0 Å². The summed E-state index contributed by atoms with van der Waals surface area (Å²) < 4.78 is 40.3. The number of sulfonamides is 1. The summed E-state index contributed by atoms with van der Waals surface area (Å²) in [6, 6.07) is 5.54. The third kappa shape index (κ3) is 2.86. The van der Waals surface area contributed by atoms with Gasteiger partial charge in [0.1, 0.15) is 10.7 Å². The molecule has 0 bridgehead atoms. The number of anilines is 2. The Hall–Kier alpha value is -2.19. The molecule has 2 aromatic rings. The Balaban J connectivity index is 2.43. The van der Waals surface area contributed by atoms with Gasteiger partial charge in [0.2, 0.25) is 0 Å². The van der Waals surface area contributed by atoms with Crippen LogP contribution in [0.1, 0.15) is 5.56 Å². The van der Waals surface area contributed by atoms with E-state index >= 15 is 0 Å². The number of aromatic nitrogens is 1. The van der Waals surface area contributed by atoms with Gasteiger partial charge in [-0.1, -0.05) is 6.07 Å². The quantitative estimate of drug-likeness (QED) is 0.588. The first-order chi connectivity index (χ1) is 9.44. The number of pyridine rings is 1. The SMILES string of the molecule is Cc1ccc(F)c(NS(=O)(=O)c2cnccc2NN)c1. The van der Waals surface area contributed by atoms with Crippen molar-refractivity contribution in [3.05, 3.63) is 48.0 Å². The van der Waals surface area contributed by atoms with Gasteiger partial charge >= 0.3 is 0 Å². The van der Waals surface area contributed by atoms with Crippen molar-refractivity contribution < 1.29 is 12.8 Å². The van der Waals surface area contributed by atoms with Crippen LogP contribution in [-0.4, -0.2) is 13.4 Å². The fourth-order valence-electron chi connectivity index (χ4n) is 1.63. The molecule has 0 saturated carbocycles. The maximum atomic E-state index is 13.6. The maximum Gasteiger partial charge on any atom is 0.265 e. The van der Waals surface area contributed by atoms with Gasteiger partial charge in [-0.3, -0.25) is 15.5 Å². The Labute approximate surface area is 115 Å². The van der Waals surface area contributed by atoms with E-state index in [-0.39, 0.29) is 16.3 Å². The maximum absolute atomic E-state index is 13.6. The summed E-state index contributed by atoms with van der Waals surface area (Å²) in [5.74, 6) is 4.59. The molecule has 8 heteroatoms. The second kappa shape index (κ2) is 5.43. The highest BCUT2D eigenvalue weighted by atomic mass is 32.2. The topological polar surface area (TPSA) is 97.1 Å². The molecule has 0 radical (unpaired) electrons. The predicted octanol–water partition coefficient (Wildman–Crippen LogP) is 1.62. The molecule has 0 aliphatic carbocycles. The fraction of sp³-hybridized carbons (Fsp3) is 0.0833. The number of hydrazine groups is 1. The largest absolute Gasteiger partial charge is 0.323 e. The van der Waals surface area contributed by atoms with E-state index in [0.717, 1.165) is 11.8 Å². The molecule has 0 aliphatic heterocycles. The standard InChI is InChI=1S/C12H13FN4O2S/c1-8-2-3-9(13)11(6-8)17-20(18,19)12-7-15-5-4-10(12)16-14/h2-7,17H,14H2,1H3,(H,15,16). The Bertz CT molecular complexity index is 734.